The van der Waals surface area contributed by atoms with Crippen LogP contribution in [0.15, 0.2) is 67.2 Å². The first-order chi connectivity index (χ1) is 8.77. The summed E-state index contributed by atoms with van der Waals surface area (Å²) < 4.78 is 4.87. The minimum atomic E-state index is 0.542. The van der Waals surface area contributed by atoms with E-state index in [0.717, 1.165) is 5.56 Å². The predicted octanol–water partition coefficient (Wildman–Crippen LogP) is 4.34. The standard InChI is InChI=1S/C8H8OS.C8H8/c1-9-8(10)7-5-3-2-4-6-7;1-2-8-6-4-3-5-7-8/h2-6H,1H3;2-7H,1H2. The molecule has 0 N–H and O–H groups in total. The van der Waals surface area contributed by atoms with Gasteiger partial charge in [0.1, 0.15) is 0 Å². The third-order valence-corrected chi connectivity index (χ3v) is 2.63. The maximum atomic E-state index is 4.90. The summed E-state index contributed by atoms with van der Waals surface area (Å²) >= 11 is 4.90. The second kappa shape index (κ2) is 8.20. The second-order valence-electron chi connectivity index (χ2n) is 3.47. The summed E-state index contributed by atoms with van der Waals surface area (Å²) in [5.41, 5.74) is 2.13. The van der Waals surface area contributed by atoms with E-state index in [1.165, 1.54) is 5.56 Å². The molecule has 0 saturated carbocycles. The minimum Gasteiger partial charge on any atom is -0.486 e. The molecule has 2 rings (SSSR count). The zero-order valence-electron chi connectivity index (χ0n) is 10.4. The molecule has 0 bridgehead atoms. The molecule has 2 heteroatoms. The van der Waals surface area contributed by atoms with Gasteiger partial charge in [0.25, 0.3) is 0 Å². The molecule has 0 aromatic heterocycles. The number of thiocarbonyl (C=S) groups is 1. The first-order valence-electron chi connectivity index (χ1n) is 5.58. The van der Waals surface area contributed by atoms with Crippen LogP contribution in [0.4, 0.5) is 0 Å². The third kappa shape index (κ3) is 4.93. The van der Waals surface area contributed by atoms with Crippen molar-refractivity contribution in [2.24, 2.45) is 0 Å². The molecule has 18 heavy (non-hydrogen) atoms. The van der Waals surface area contributed by atoms with Crippen LogP contribution in [0.5, 0.6) is 0 Å². The molecule has 0 saturated heterocycles. The lowest BCUT2D eigenvalue weighted by Crippen LogP contribution is -1.97. The van der Waals surface area contributed by atoms with Gasteiger partial charge in [-0.1, -0.05) is 73.3 Å². The van der Waals surface area contributed by atoms with Crippen LogP contribution in [0.1, 0.15) is 11.1 Å². The van der Waals surface area contributed by atoms with Crippen molar-refractivity contribution in [3.63, 3.8) is 0 Å². The molecule has 0 atom stereocenters. The number of hydrogen-bond donors (Lipinski definition) is 0. The van der Waals surface area contributed by atoms with Crippen LogP contribution < -0.4 is 0 Å². The van der Waals surface area contributed by atoms with Crippen LogP contribution in [0, 0.1) is 0 Å². The van der Waals surface area contributed by atoms with Crippen molar-refractivity contribution in [2.75, 3.05) is 7.11 Å². The predicted molar refractivity (Wildman–Crippen MR) is 81.7 cm³/mol. The highest BCUT2D eigenvalue weighted by atomic mass is 32.1. The molecule has 0 radical (unpaired) electrons. The molecule has 0 amide bonds. The molecule has 0 unspecified atom stereocenters. The second-order valence-corrected chi connectivity index (χ2v) is 3.84. The Bertz CT molecular complexity index is 477. The molecule has 0 heterocycles. The monoisotopic (exact) mass is 256 g/mol. The first kappa shape index (κ1) is 14.1. The number of hydrogen-bond acceptors (Lipinski definition) is 2. The summed E-state index contributed by atoms with van der Waals surface area (Å²) in [6, 6.07) is 19.7. The molecule has 1 nitrogen and oxygen atoms in total. The molecule has 2 aromatic carbocycles. The van der Waals surface area contributed by atoms with Gasteiger partial charge in [0.05, 0.1) is 7.11 Å². The van der Waals surface area contributed by atoms with Gasteiger partial charge in [0, 0.05) is 5.56 Å². The van der Waals surface area contributed by atoms with Gasteiger partial charge in [-0.05, 0) is 17.8 Å². The molecule has 0 aliphatic rings. The van der Waals surface area contributed by atoms with Crippen LogP contribution in [-0.4, -0.2) is 12.2 Å². The van der Waals surface area contributed by atoms with Crippen LogP contribution >= 0.6 is 12.2 Å². The molecule has 92 valence electrons. The van der Waals surface area contributed by atoms with Gasteiger partial charge in [0.2, 0.25) is 0 Å². The topological polar surface area (TPSA) is 9.23 Å². The summed E-state index contributed by atoms with van der Waals surface area (Å²) in [7, 11) is 1.58. The number of methoxy groups -OCH3 is 1. The van der Waals surface area contributed by atoms with Crippen molar-refractivity contribution in [2.45, 2.75) is 0 Å². The molecular weight excluding hydrogens is 240 g/mol. The van der Waals surface area contributed by atoms with Crippen molar-refractivity contribution < 1.29 is 4.74 Å². The zero-order valence-corrected chi connectivity index (χ0v) is 11.2. The van der Waals surface area contributed by atoms with E-state index in [9.17, 15) is 0 Å². The van der Waals surface area contributed by atoms with Crippen LogP contribution in [0.3, 0.4) is 0 Å². The molecule has 2 aromatic rings. The summed E-state index contributed by atoms with van der Waals surface area (Å²) in [6.45, 7) is 3.63. The minimum absolute atomic E-state index is 0.542. The maximum Gasteiger partial charge on any atom is 0.190 e. The van der Waals surface area contributed by atoms with Gasteiger partial charge in [-0.25, -0.2) is 0 Å². The van der Waals surface area contributed by atoms with Gasteiger partial charge < -0.3 is 4.74 Å². The summed E-state index contributed by atoms with van der Waals surface area (Å²) in [6.07, 6.45) is 1.83. The van der Waals surface area contributed by atoms with Gasteiger partial charge in [0.15, 0.2) is 5.05 Å². The summed E-state index contributed by atoms with van der Waals surface area (Å²) in [4.78, 5) is 0. The lowest BCUT2D eigenvalue weighted by Gasteiger charge is -1.99. The van der Waals surface area contributed by atoms with E-state index in [-0.39, 0.29) is 0 Å². The number of ether oxygens (including phenoxy) is 1. The Balaban J connectivity index is 0.000000184. The SMILES string of the molecule is C=Cc1ccccc1.COC(=S)c1ccccc1. The van der Waals surface area contributed by atoms with Crippen LogP contribution in [0.25, 0.3) is 6.08 Å². The average Bonchev–Trinajstić information content (AvgIpc) is 2.49. The Kier molecular flexibility index (Phi) is 6.44. The zero-order chi connectivity index (χ0) is 13.2. The Labute approximate surface area is 114 Å². The largest absolute Gasteiger partial charge is 0.486 e. The molecule has 0 fully saturated rings. The summed E-state index contributed by atoms with van der Waals surface area (Å²) in [5.74, 6) is 0. The van der Waals surface area contributed by atoms with Crippen LogP contribution in [-0.2, 0) is 4.74 Å². The number of rotatable bonds is 2. The van der Waals surface area contributed by atoms with Crippen molar-refractivity contribution in [1.82, 2.24) is 0 Å². The Hall–Kier alpha value is -1.93. The Morgan fingerprint density at radius 1 is 1.00 bits per heavy atom. The maximum absolute atomic E-state index is 4.90. The summed E-state index contributed by atoms with van der Waals surface area (Å²) in [5, 5.41) is 0.542. The lowest BCUT2D eigenvalue weighted by atomic mass is 10.2. The first-order valence-corrected chi connectivity index (χ1v) is 5.99. The van der Waals surface area contributed by atoms with E-state index in [1.807, 2.05) is 66.7 Å². The molecular formula is C16H16OS. The van der Waals surface area contributed by atoms with E-state index in [4.69, 9.17) is 17.0 Å². The van der Waals surface area contributed by atoms with Gasteiger partial charge in [-0.2, -0.15) is 0 Å². The van der Waals surface area contributed by atoms with E-state index >= 15 is 0 Å². The van der Waals surface area contributed by atoms with Gasteiger partial charge in [-0.15, -0.1) is 0 Å². The lowest BCUT2D eigenvalue weighted by molar-refractivity contribution is 0.416. The number of benzene rings is 2. The Morgan fingerprint density at radius 2 is 1.50 bits per heavy atom. The van der Waals surface area contributed by atoms with Crippen molar-refractivity contribution in [1.29, 1.82) is 0 Å². The fourth-order valence-corrected chi connectivity index (χ4v) is 1.42. The smallest absolute Gasteiger partial charge is 0.190 e. The molecule has 0 aliphatic carbocycles. The highest BCUT2D eigenvalue weighted by Gasteiger charge is 1.95. The third-order valence-electron chi connectivity index (χ3n) is 2.23. The van der Waals surface area contributed by atoms with E-state index in [0.29, 0.717) is 5.05 Å². The van der Waals surface area contributed by atoms with Crippen molar-refractivity contribution in [3.05, 3.63) is 78.4 Å². The van der Waals surface area contributed by atoms with Crippen molar-refractivity contribution >= 4 is 23.3 Å². The normalized spacial score (nSPS) is 8.72. The quantitative estimate of drug-likeness (QED) is 0.739. The average molecular weight is 256 g/mol. The highest BCUT2D eigenvalue weighted by Crippen LogP contribution is 2.00. The van der Waals surface area contributed by atoms with Crippen LogP contribution in [0.2, 0.25) is 0 Å². The van der Waals surface area contributed by atoms with Gasteiger partial charge >= 0.3 is 0 Å². The molecule has 0 spiro atoms. The van der Waals surface area contributed by atoms with E-state index in [2.05, 4.69) is 6.58 Å². The van der Waals surface area contributed by atoms with E-state index in [1.54, 1.807) is 7.11 Å². The van der Waals surface area contributed by atoms with Crippen molar-refractivity contribution in [3.8, 4) is 0 Å². The Morgan fingerprint density at radius 3 is 1.89 bits per heavy atom. The fraction of sp³-hybridized carbons (Fsp3) is 0.0625. The van der Waals surface area contributed by atoms with Gasteiger partial charge in [-0.3, -0.25) is 0 Å². The van der Waals surface area contributed by atoms with E-state index < -0.39 is 0 Å². The fourth-order valence-electron chi connectivity index (χ4n) is 1.28. The molecule has 0 aliphatic heterocycles. The highest BCUT2D eigenvalue weighted by molar-refractivity contribution is 7.80.